The van der Waals surface area contributed by atoms with Crippen LogP contribution in [-0.2, 0) is 17.9 Å². The van der Waals surface area contributed by atoms with Crippen molar-refractivity contribution in [2.75, 3.05) is 31.8 Å². The third kappa shape index (κ3) is 3.86. The molecular weight excluding hydrogens is 432 g/mol. The fraction of sp³-hybridized carbons (Fsp3) is 0.360. The molecule has 3 aromatic heterocycles. The van der Waals surface area contributed by atoms with Crippen LogP contribution < -0.4 is 9.64 Å². The van der Waals surface area contributed by atoms with Gasteiger partial charge in [0.25, 0.3) is 0 Å². The Balaban J connectivity index is 1.76. The summed E-state index contributed by atoms with van der Waals surface area (Å²) in [5.74, 6) is 2.83. The predicted molar refractivity (Wildman–Crippen MR) is 130 cm³/mol. The van der Waals surface area contributed by atoms with E-state index in [4.69, 9.17) is 24.4 Å². The summed E-state index contributed by atoms with van der Waals surface area (Å²) in [7, 11) is 1.59. The summed E-state index contributed by atoms with van der Waals surface area (Å²) < 4.78 is 13.2. The quantitative estimate of drug-likeness (QED) is 0.468. The molecule has 1 fully saturated rings. The van der Waals surface area contributed by atoms with Gasteiger partial charge in [-0.1, -0.05) is 0 Å². The van der Waals surface area contributed by atoms with Crippen LogP contribution in [-0.4, -0.2) is 62.5 Å². The topological polar surface area (TPSA) is 98.4 Å². The zero-order chi connectivity index (χ0) is 23.7. The van der Waals surface area contributed by atoms with Crippen LogP contribution in [0.3, 0.4) is 0 Å². The highest BCUT2D eigenvalue weighted by Crippen LogP contribution is 2.34. The van der Waals surface area contributed by atoms with Crippen LogP contribution >= 0.6 is 0 Å². The van der Waals surface area contributed by atoms with Gasteiger partial charge in [0.05, 0.1) is 33.0 Å². The Morgan fingerprint density at radius 1 is 1.12 bits per heavy atom. The number of methoxy groups -OCH3 is 1. The summed E-state index contributed by atoms with van der Waals surface area (Å²) in [6, 6.07) is 9.70. The van der Waals surface area contributed by atoms with Crippen LogP contribution in [0.15, 0.2) is 42.7 Å². The molecule has 0 aliphatic carbocycles. The largest absolute Gasteiger partial charge is 0.496 e. The van der Waals surface area contributed by atoms with Gasteiger partial charge in [-0.15, -0.1) is 0 Å². The number of fused-ring (bicyclic) bond motifs is 1. The van der Waals surface area contributed by atoms with Crippen LogP contribution in [0.25, 0.3) is 33.9 Å². The van der Waals surface area contributed by atoms with Gasteiger partial charge in [0.1, 0.15) is 11.6 Å². The molecule has 0 bridgehead atoms. The minimum Gasteiger partial charge on any atom is -0.496 e. The molecule has 4 aromatic rings. The van der Waals surface area contributed by atoms with Crippen molar-refractivity contribution >= 4 is 17.0 Å². The van der Waals surface area contributed by atoms with Crippen molar-refractivity contribution in [1.29, 1.82) is 0 Å². The first kappa shape index (κ1) is 22.2. The van der Waals surface area contributed by atoms with Gasteiger partial charge < -0.3 is 24.0 Å². The molecule has 1 aliphatic heterocycles. The molecule has 1 N–H and O–H groups in total. The molecule has 5 rings (SSSR count). The van der Waals surface area contributed by atoms with Gasteiger partial charge in [-0.3, -0.25) is 4.98 Å². The second-order valence-electron chi connectivity index (χ2n) is 8.26. The normalized spacial score (nSPS) is 16.2. The smallest absolute Gasteiger partial charge is 0.166 e. The highest BCUT2D eigenvalue weighted by atomic mass is 16.5. The molecular formula is C25H28N6O3. The van der Waals surface area contributed by atoms with Crippen molar-refractivity contribution in [3.63, 3.8) is 0 Å². The van der Waals surface area contributed by atoms with Crippen molar-refractivity contribution in [2.24, 2.45) is 0 Å². The molecule has 1 aliphatic rings. The number of aromatic nitrogens is 5. The van der Waals surface area contributed by atoms with Crippen LogP contribution in [0.4, 0.5) is 5.82 Å². The number of pyridine rings is 1. The number of benzene rings is 1. The lowest BCUT2D eigenvalue weighted by Gasteiger charge is -2.34. The standard InChI is InChI=1S/C25H28N6O3/c1-4-30-23(17-7-9-26-10-8-17)27-21-24(30)28-22(18-5-6-20(33-3)19(13-18)14-32)29-25(21)31-11-12-34-15-16(31)2/h5-10,13,16,32H,4,11-12,14-15H2,1-3H3. The van der Waals surface area contributed by atoms with Gasteiger partial charge in [-0.05, 0) is 44.2 Å². The van der Waals surface area contributed by atoms with E-state index in [1.54, 1.807) is 19.5 Å². The average Bonchev–Trinajstić information content (AvgIpc) is 3.27. The Bertz CT molecular complexity index is 1310. The van der Waals surface area contributed by atoms with Gasteiger partial charge in [-0.25, -0.2) is 15.0 Å². The number of morpholine rings is 1. The fourth-order valence-electron chi connectivity index (χ4n) is 4.42. The van der Waals surface area contributed by atoms with E-state index in [0.29, 0.717) is 36.9 Å². The van der Waals surface area contributed by atoms with Crippen molar-refractivity contribution in [1.82, 2.24) is 24.5 Å². The van der Waals surface area contributed by atoms with E-state index >= 15 is 0 Å². The maximum atomic E-state index is 9.84. The van der Waals surface area contributed by atoms with Crippen molar-refractivity contribution in [3.05, 3.63) is 48.3 Å². The third-order valence-electron chi connectivity index (χ3n) is 6.18. The van der Waals surface area contributed by atoms with E-state index in [2.05, 4.69) is 28.3 Å². The molecule has 9 nitrogen and oxygen atoms in total. The zero-order valence-corrected chi connectivity index (χ0v) is 19.6. The lowest BCUT2D eigenvalue weighted by Crippen LogP contribution is -2.44. The second kappa shape index (κ2) is 9.36. The predicted octanol–water partition coefficient (Wildman–Crippen LogP) is 3.30. The number of hydrogen-bond acceptors (Lipinski definition) is 8. The first-order chi connectivity index (χ1) is 16.6. The molecule has 0 saturated carbocycles. The second-order valence-corrected chi connectivity index (χ2v) is 8.26. The van der Waals surface area contributed by atoms with E-state index < -0.39 is 0 Å². The highest BCUT2D eigenvalue weighted by molar-refractivity contribution is 5.89. The Kier molecular flexibility index (Phi) is 6.12. The number of aryl methyl sites for hydroxylation is 1. The monoisotopic (exact) mass is 460 g/mol. The van der Waals surface area contributed by atoms with E-state index in [1.165, 1.54) is 0 Å². The molecule has 34 heavy (non-hydrogen) atoms. The van der Waals surface area contributed by atoms with Gasteiger partial charge in [0.2, 0.25) is 0 Å². The van der Waals surface area contributed by atoms with E-state index in [1.807, 2.05) is 30.3 Å². The SMILES string of the molecule is CCn1c(-c2ccncc2)nc2c(N3CCOCC3C)nc(-c3ccc(OC)c(CO)c3)nc21. The Hall–Kier alpha value is -3.56. The van der Waals surface area contributed by atoms with E-state index in [9.17, 15) is 5.11 Å². The summed E-state index contributed by atoms with van der Waals surface area (Å²) in [5, 5.41) is 9.84. The van der Waals surface area contributed by atoms with E-state index in [-0.39, 0.29) is 12.6 Å². The maximum absolute atomic E-state index is 9.84. The summed E-state index contributed by atoms with van der Waals surface area (Å²) >= 11 is 0. The highest BCUT2D eigenvalue weighted by Gasteiger charge is 2.27. The van der Waals surface area contributed by atoms with Crippen molar-refractivity contribution in [3.8, 4) is 28.5 Å². The summed E-state index contributed by atoms with van der Waals surface area (Å²) in [6.45, 7) is 6.77. The van der Waals surface area contributed by atoms with Crippen molar-refractivity contribution < 1.29 is 14.6 Å². The van der Waals surface area contributed by atoms with Gasteiger partial charge >= 0.3 is 0 Å². The minimum absolute atomic E-state index is 0.133. The van der Waals surface area contributed by atoms with Gasteiger partial charge in [-0.2, -0.15) is 0 Å². The third-order valence-corrected chi connectivity index (χ3v) is 6.18. The maximum Gasteiger partial charge on any atom is 0.166 e. The number of imidazole rings is 1. The summed E-state index contributed by atoms with van der Waals surface area (Å²) in [4.78, 5) is 21.4. The zero-order valence-electron chi connectivity index (χ0n) is 19.6. The molecule has 4 heterocycles. The number of aliphatic hydroxyl groups excluding tert-OH is 1. The Morgan fingerprint density at radius 3 is 2.65 bits per heavy atom. The number of rotatable bonds is 6. The number of nitrogens with zero attached hydrogens (tertiary/aromatic N) is 6. The number of aliphatic hydroxyl groups is 1. The average molecular weight is 461 g/mol. The van der Waals surface area contributed by atoms with Crippen LogP contribution in [0.2, 0.25) is 0 Å². The summed E-state index contributed by atoms with van der Waals surface area (Å²) in [6.07, 6.45) is 3.54. The number of ether oxygens (including phenoxy) is 2. The van der Waals surface area contributed by atoms with Crippen LogP contribution in [0.1, 0.15) is 19.4 Å². The number of anilines is 1. The first-order valence-electron chi connectivity index (χ1n) is 11.5. The summed E-state index contributed by atoms with van der Waals surface area (Å²) in [5.41, 5.74) is 4.01. The lowest BCUT2D eigenvalue weighted by atomic mass is 10.1. The number of hydrogen-bond donors (Lipinski definition) is 1. The first-order valence-corrected chi connectivity index (χ1v) is 11.5. The molecule has 1 aromatic carbocycles. The molecule has 1 saturated heterocycles. The van der Waals surface area contributed by atoms with Gasteiger partial charge in [0, 0.05) is 42.2 Å². The molecule has 9 heteroatoms. The van der Waals surface area contributed by atoms with Crippen LogP contribution in [0.5, 0.6) is 5.75 Å². The van der Waals surface area contributed by atoms with Crippen molar-refractivity contribution in [2.45, 2.75) is 33.0 Å². The van der Waals surface area contributed by atoms with Crippen LogP contribution in [0, 0.1) is 0 Å². The molecule has 0 spiro atoms. The molecule has 1 atom stereocenters. The molecule has 0 amide bonds. The molecule has 176 valence electrons. The van der Waals surface area contributed by atoms with Gasteiger partial charge in [0.15, 0.2) is 22.8 Å². The van der Waals surface area contributed by atoms with E-state index in [0.717, 1.165) is 40.5 Å². The fourth-order valence-corrected chi connectivity index (χ4v) is 4.42. The molecule has 1 unspecified atom stereocenters. The Morgan fingerprint density at radius 2 is 1.94 bits per heavy atom. The Labute approximate surface area is 198 Å². The molecule has 0 radical (unpaired) electrons. The lowest BCUT2D eigenvalue weighted by molar-refractivity contribution is 0.0987. The minimum atomic E-state index is -0.133.